The number of rotatable bonds is 8. The predicted molar refractivity (Wildman–Crippen MR) is 116 cm³/mol. The molecule has 2 aromatic heterocycles. The Labute approximate surface area is 180 Å². The van der Waals surface area contributed by atoms with Gasteiger partial charge in [-0.2, -0.15) is 4.52 Å². The highest BCUT2D eigenvalue weighted by molar-refractivity contribution is 5.76. The van der Waals surface area contributed by atoms with Crippen molar-refractivity contribution < 1.29 is 14.6 Å². The Morgan fingerprint density at radius 3 is 2.68 bits per heavy atom. The predicted octanol–water partition coefficient (Wildman–Crippen LogP) is 2.30. The van der Waals surface area contributed by atoms with Crippen molar-refractivity contribution in [1.29, 1.82) is 0 Å². The Hall–Kier alpha value is -3.20. The van der Waals surface area contributed by atoms with Crippen molar-refractivity contribution in [3.05, 3.63) is 47.8 Å². The van der Waals surface area contributed by atoms with Crippen LogP contribution in [0.4, 0.5) is 5.82 Å². The van der Waals surface area contributed by atoms with Gasteiger partial charge in [-0.1, -0.05) is 25.0 Å². The lowest BCUT2D eigenvalue weighted by Crippen LogP contribution is -2.48. The van der Waals surface area contributed by atoms with E-state index in [0.29, 0.717) is 25.1 Å². The summed E-state index contributed by atoms with van der Waals surface area (Å²) in [6.45, 7) is 0.423. The van der Waals surface area contributed by atoms with E-state index in [-0.39, 0.29) is 23.7 Å². The van der Waals surface area contributed by atoms with Gasteiger partial charge in [0.05, 0.1) is 6.61 Å². The standard InChI is InChI=1S/C22H28N6O3/c1-31-13-12-22(30)24-18-5-3-2-4-17(18)23-19-10-11-20-25-26-21(28(20)27-19)14-15-6-8-16(29)9-7-15/h6-11,17-18,29H,2-5,12-14H2,1H3,(H,23,27)(H,24,30)/t17-,18-/m0/s1. The largest absolute Gasteiger partial charge is 0.508 e. The molecule has 1 fully saturated rings. The van der Waals surface area contributed by atoms with Crippen LogP contribution in [-0.2, 0) is 16.0 Å². The Morgan fingerprint density at radius 1 is 1.13 bits per heavy atom. The van der Waals surface area contributed by atoms with E-state index in [1.54, 1.807) is 23.8 Å². The van der Waals surface area contributed by atoms with Gasteiger partial charge in [-0.25, -0.2) is 0 Å². The molecule has 4 rings (SSSR count). The summed E-state index contributed by atoms with van der Waals surface area (Å²) < 4.78 is 6.74. The molecule has 0 spiro atoms. The molecule has 0 aliphatic heterocycles. The summed E-state index contributed by atoms with van der Waals surface area (Å²) in [6, 6.07) is 11.0. The number of methoxy groups -OCH3 is 1. The van der Waals surface area contributed by atoms with Crippen molar-refractivity contribution in [3.63, 3.8) is 0 Å². The molecule has 164 valence electrons. The van der Waals surface area contributed by atoms with Crippen LogP contribution in [0.1, 0.15) is 43.5 Å². The number of anilines is 1. The monoisotopic (exact) mass is 424 g/mol. The topological polar surface area (TPSA) is 114 Å². The second-order valence-corrected chi connectivity index (χ2v) is 7.90. The third kappa shape index (κ3) is 5.29. The number of nitrogens with zero attached hydrogens (tertiary/aromatic N) is 4. The van der Waals surface area contributed by atoms with E-state index in [1.807, 2.05) is 24.3 Å². The Balaban J connectivity index is 1.48. The quantitative estimate of drug-likeness (QED) is 0.508. The number of benzene rings is 1. The van der Waals surface area contributed by atoms with Gasteiger partial charge < -0.3 is 20.5 Å². The lowest BCUT2D eigenvalue weighted by molar-refractivity contribution is -0.122. The molecule has 0 radical (unpaired) electrons. The zero-order chi connectivity index (χ0) is 21.6. The maximum Gasteiger partial charge on any atom is 0.222 e. The number of nitrogens with one attached hydrogen (secondary N) is 2. The van der Waals surface area contributed by atoms with Crippen LogP contribution in [0.2, 0.25) is 0 Å². The van der Waals surface area contributed by atoms with E-state index in [9.17, 15) is 9.90 Å². The first-order valence-corrected chi connectivity index (χ1v) is 10.7. The van der Waals surface area contributed by atoms with Crippen LogP contribution in [0.5, 0.6) is 5.75 Å². The van der Waals surface area contributed by atoms with E-state index in [2.05, 4.69) is 20.8 Å². The molecule has 0 saturated heterocycles. The summed E-state index contributed by atoms with van der Waals surface area (Å²) in [5, 5.41) is 29.3. The minimum Gasteiger partial charge on any atom is -0.508 e. The van der Waals surface area contributed by atoms with Crippen LogP contribution in [-0.4, -0.2) is 56.6 Å². The molecule has 3 N–H and O–H groups in total. The number of hydrogen-bond donors (Lipinski definition) is 3. The van der Waals surface area contributed by atoms with Crippen molar-refractivity contribution in [2.24, 2.45) is 0 Å². The number of fused-ring (bicyclic) bond motifs is 1. The highest BCUT2D eigenvalue weighted by Crippen LogP contribution is 2.22. The minimum atomic E-state index is 0.0129. The van der Waals surface area contributed by atoms with Gasteiger partial charge in [0.25, 0.3) is 0 Å². The molecule has 0 bridgehead atoms. The summed E-state index contributed by atoms with van der Waals surface area (Å²) in [7, 11) is 1.60. The molecule has 9 nitrogen and oxygen atoms in total. The van der Waals surface area contributed by atoms with Crippen LogP contribution in [0, 0.1) is 0 Å². The molecule has 3 aromatic rings. The number of aromatic nitrogens is 4. The average molecular weight is 425 g/mol. The number of aromatic hydroxyl groups is 1. The molecule has 1 aliphatic rings. The summed E-state index contributed by atoms with van der Waals surface area (Å²) >= 11 is 0. The number of hydrogen-bond acceptors (Lipinski definition) is 7. The molecular weight excluding hydrogens is 396 g/mol. The minimum absolute atomic E-state index is 0.0129. The fraction of sp³-hybridized carbons (Fsp3) is 0.455. The number of carbonyl (C=O) groups excluding carboxylic acids is 1. The second-order valence-electron chi connectivity index (χ2n) is 7.90. The zero-order valence-corrected chi connectivity index (χ0v) is 17.6. The fourth-order valence-electron chi connectivity index (χ4n) is 3.96. The third-order valence-electron chi connectivity index (χ3n) is 5.60. The highest BCUT2D eigenvalue weighted by atomic mass is 16.5. The van der Waals surface area contributed by atoms with Crippen molar-refractivity contribution in [2.45, 2.75) is 50.6 Å². The molecule has 1 aromatic carbocycles. The molecule has 2 heterocycles. The zero-order valence-electron chi connectivity index (χ0n) is 17.6. The van der Waals surface area contributed by atoms with Crippen molar-refractivity contribution in [2.75, 3.05) is 19.0 Å². The number of carbonyl (C=O) groups is 1. The first kappa shape index (κ1) is 21.0. The SMILES string of the molecule is COCCC(=O)N[C@H]1CCCC[C@@H]1Nc1ccc2nnc(Cc3ccc(O)cc3)n2n1. The number of phenols is 1. The second kappa shape index (κ2) is 9.74. The van der Waals surface area contributed by atoms with Gasteiger partial charge in [0, 0.05) is 32.0 Å². The van der Waals surface area contributed by atoms with Gasteiger partial charge in [-0.15, -0.1) is 15.3 Å². The Bertz CT molecular complexity index is 1020. The van der Waals surface area contributed by atoms with E-state index in [1.165, 1.54) is 0 Å². The average Bonchev–Trinajstić information content (AvgIpc) is 3.17. The first-order valence-electron chi connectivity index (χ1n) is 10.7. The maximum atomic E-state index is 12.2. The summed E-state index contributed by atoms with van der Waals surface area (Å²) in [4.78, 5) is 12.2. The van der Waals surface area contributed by atoms with Crippen LogP contribution in [0.15, 0.2) is 36.4 Å². The van der Waals surface area contributed by atoms with Gasteiger partial charge in [0.1, 0.15) is 11.6 Å². The fourth-order valence-corrected chi connectivity index (χ4v) is 3.96. The molecule has 9 heteroatoms. The van der Waals surface area contributed by atoms with E-state index < -0.39 is 0 Å². The van der Waals surface area contributed by atoms with Crippen molar-refractivity contribution >= 4 is 17.4 Å². The van der Waals surface area contributed by atoms with Gasteiger partial charge >= 0.3 is 0 Å². The van der Waals surface area contributed by atoms with E-state index >= 15 is 0 Å². The summed E-state index contributed by atoms with van der Waals surface area (Å²) in [5.41, 5.74) is 1.69. The molecule has 2 atom stereocenters. The molecule has 1 amide bonds. The third-order valence-corrected chi connectivity index (χ3v) is 5.60. The van der Waals surface area contributed by atoms with Crippen LogP contribution < -0.4 is 10.6 Å². The van der Waals surface area contributed by atoms with Crippen LogP contribution in [0.3, 0.4) is 0 Å². The van der Waals surface area contributed by atoms with Gasteiger partial charge in [0.2, 0.25) is 5.91 Å². The lowest BCUT2D eigenvalue weighted by Gasteiger charge is -2.33. The van der Waals surface area contributed by atoms with E-state index in [0.717, 1.165) is 42.9 Å². The summed E-state index contributed by atoms with van der Waals surface area (Å²) in [5.74, 6) is 1.69. The first-order chi connectivity index (χ1) is 15.1. The highest BCUT2D eigenvalue weighted by Gasteiger charge is 2.27. The normalized spacial score (nSPS) is 18.7. The molecule has 1 saturated carbocycles. The number of amides is 1. The van der Waals surface area contributed by atoms with Crippen molar-refractivity contribution in [1.82, 2.24) is 25.1 Å². The van der Waals surface area contributed by atoms with Gasteiger partial charge in [-0.3, -0.25) is 4.79 Å². The maximum absolute atomic E-state index is 12.2. The molecular formula is C22H28N6O3. The smallest absolute Gasteiger partial charge is 0.222 e. The van der Waals surface area contributed by atoms with Gasteiger partial charge in [0.15, 0.2) is 11.5 Å². The number of ether oxygens (including phenoxy) is 1. The summed E-state index contributed by atoms with van der Waals surface area (Å²) in [6.07, 6.45) is 5.05. The molecule has 31 heavy (non-hydrogen) atoms. The Kier molecular flexibility index (Phi) is 6.61. The Morgan fingerprint density at radius 2 is 1.90 bits per heavy atom. The molecule has 1 aliphatic carbocycles. The molecule has 0 unspecified atom stereocenters. The van der Waals surface area contributed by atoms with Crippen LogP contribution in [0.25, 0.3) is 5.65 Å². The van der Waals surface area contributed by atoms with Crippen LogP contribution >= 0.6 is 0 Å². The van der Waals surface area contributed by atoms with E-state index in [4.69, 9.17) is 9.84 Å². The lowest BCUT2D eigenvalue weighted by atomic mass is 9.90. The van der Waals surface area contributed by atoms with Crippen molar-refractivity contribution in [3.8, 4) is 5.75 Å². The number of phenolic OH excluding ortho intramolecular Hbond substituents is 1. The van der Waals surface area contributed by atoms with Gasteiger partial charge in [-0.05, 0) is 42.7 Å².